The van der Waals surface area contributed by atoms with Crippen LogP contribution in [0.25, 0.3) is 0 Å². The summed E-state index contributed by atoms with van der Waals surface area (Å²) in [6.07, 6.45) is 2.34. The Hall–Kier alpha value is -1.59. The van der Waals surface area contributed by atoms with Crippen molar-refractivity contribution in [3.63, 3.8) is 0 Å². The molecular formula is C20H33N3O2. The molecule has 2 atom stereocenters. The molecule has 140 valence electrons. The van der Waals surface area contributed by atoms with Crippen molar-refractivity contribution >= 4 is 11.6 Å². The molecule has 25 heavy (non-hydrogen) atoms. The minimum Gasteiger partial charge on any atom is -0.393 e. The first-order chi connectivity index (χ1) is 11.9. The van der Waals surface area contributed by atoms with Gasteiger partial charge in [-0.15, -0.1) is 0 Å². The van der Waals surface area contributed by atoms with E-state index in [1.54, 1.807) is 7.05 Å². The lowest BCUT2D eigenvalue weighted by atomic mass is 10.00. The molecule has 3 N–H and O–H groups in total. The van der Waals surface area contributed by atoms with Gasteiger partial charge in [-0.05, 0) is 49.8 Å². The number of rotatable bonds is 7. The van der Waals surface area contributed by atoms with Crippen molar-refractivity contribution in [2.75, 3.05) is 25.0 Å². The Morgan fingerprint density at radius 3 is 2.32 bits per heavy atom. The highest BCUT2D eigenvalue weighted by Crippen LogP contribution is 2.23. The van der Waals surface area contributed by atoms with E-state index >= 15 is 0 Å². The lowest BCUT2D eigenvalue weighted by molar-refractivity contribution is -0.123. The normalized spacial score (nSPS) is 18.2. The fourth-order valence-electron chi connectivity index (χ4n) is 3.39. The number of benzene rings is 1. The summed E-state index contributed by atoms with van der Waals surface area (Å²) < 4.78 is 0. The van der Waals surface area contributed by atoms with E-state index < -0.39 is 0 Å². The summed E-state index contributed by atoms with van der Waals surface area (Å²) in [6, 6.07) is 8.48. The van der Waals surface area contributed by atoms with E-state index in [-0.39, 0.29) is 24.1 Å². The van der Waals surface area contributed by atoms with Crippen LogP contribution in [0, 0.1) is 5.92 Å². The van der Waals surface area contributed by atoms with Crippen LogP contribution in [-0.4, -0.2) is 43.3 Å². The number of piperidine rings is 1. The van der Waals surface area contributed by atoms with E-state index in [1.165, 1.54) is 11.3 Å². The number of anilines is 1. The van der Waals surface area contributed by atoms with Crippen LogP contribution in [0.4, 0.5) is 5.69 Å². The predicted molar refractivity (Wildman–Crippen MR) is 103 cm³/mol. The molecule has 1 aliphatic heterocycles. The SMILES string of the molecule is CNC(=O)C(CC(C)C)NC(C)c1ccc(N2CCC(O)CC2)cc1. The first kappa shape index (κ1) is 19.7. The van der Waals surface area contributed by atoms with Crippen LogP contribution in [0.5, 0.6) is 0 Å². The van der Waals surface area contributed by atoms with Gasteiger partial charge >= 0.3 is 0 Å². The molecular weight excluding hydrogens is 314 g/mol. The van der Waals surface area contributed by atoms with Crippen LogP contribution in [0.3, 0.4) is 0 Å². The summed E-state index contributed by atoms with van der Waals surface area (Å²) >= 11 is 0. The van der Waals surface area contributed by atoms with Gasteiger partial charge in [-0.25, -0.2) is 0 Å². The van der Waals surface area contributed by atoms with Crippen LogP contribution < -0.4 is 15.5 Å². The Labute approximate surface area is 151 Å². The van der Waals surface area contributed by atoms with Crippen LogP contribution >= 0.6 is 0 Å². The monoisotopic (exact) mass is 347 g/mol. The van der Waals surface area contributed by atoms with Gasteiger partial charge in [0.2, 0.25) is 5.91 Å². The van der Waals surface area contributed by atoms with Crippen LogP contribution in [0.1, 0.15) is 51.6 Å². The molecule has 0 bridgehead atoms. The van der Waals surface area contributed by atoms with Crippen molar-refractivity contribution < 1.29 is 9.90 Å². The van der Waals surface area contributed by atoms with E-state index in [2.05, 4.69) is 60.6 Å². The molecule has 5 nitrogen and oxygen atoms in total. The molecule has 1 amide bonds. The van der Waals surface area contributed by atoms with Gasteiger partial charge < -0.3 is 15.3 Å². The molecule has 1 aliphatic rings. The van der Waals surface area contributed by atoms with Crippen molar-refractivity contribution in [1.82, 2.24) is 10.6 Å². The van der Waals surface area contributed by atoms with Crippen molar-refractivity contribution in [1.29, 1.82) is 0 Å². The Bertz CT molecular complexity index is 536. The Morgan fingerprint density at radius 2 is 1.80 bits per heavy atom. The van der Waals surface area contributed by atoms with Gasteiger partial charge in [-0.2, -0.15) is 0 Å². The first-order valence-electron chi connectivity index (χ1n) is 9.41. The number of hydrogen-bond donors (Lipinski definition) is 3. The molecule has 1 heterocycles. The molecule has 0 aliphatic carbocycles. The van der Waals surface area contributed by atoms with Crippen LogP contribution in [-0.2, 0) is 4.79 Å². The molecule has 2 rings (SSSR count). The Morgan fingerprint density at radius 1 is 1.20 bits per heavy atom. The van der Waals surface area contributed by atoms with Gasteiger partial charge in [0.1, 0.15) is 0 Å². The number of carbonyl (C=O) groups excluding carboxylic acids is 1. The maximum Gasteiger partial charge on any atom is 0.236 e. The maximum absolute atomic E-state index is 12.1. The zero-order valence-corrected chi connectivity index (χ0v) is 16.0. The van der Waals surface area contributed by atoms with Crippen molar-refractivity contribution in [3.8, 4) is 0 Å². The van der Waals surface area contributed by atoms with E-state index in [1.807, 2.05) is 0 Å². The predicted octanol–water partition coefficient (Wildman–Crippen LogP) is 2.46. The van der Waals surface area contributed by atoms with Gasteiger partial charge in [-0.1, -0.05) is 26.0 Å². The van der Waals surface area contributed by atoms with E-state index in [0.29, 0.717) is 5.92 Å². The quantitative estimate of drug-likeness (QED) is 0.709. The number of hydrogen-bond acceptors (Lipinski definition) is 4. The highest BCUT2D eigenvalue weighted by atomic mass is 16.3. The van der Waals surface area contributed by atoms with Crippen molar-refractivity contribution in [2.45, 2.75) is 58.2 Å². The van der Waals surface area contributed by atoms with Gasteiger partial charge in [0.05, 0.1) is 12.1 Å². The Balaban J connectivity index is 1.98. The van der Waals surface area contributed by atoms with E-state index in [0.717, 1.165) is 32.4 Å². The largest absolute Gasteiger partial charge is 0.393 e. The van der Waals surface area contributed by atoms with Crippen molar-refractivity contribution in [3.05, 3.63) is 29.8 Å². The summed E-state index contributed by atoms with van der Waals surface area (Å²) in [7, 11) is 1.69. The second-order valence-corrected chi connectivity index (χ2v) is 7.49. The molecule has 1 fully saturated rings. The third-order valence-corrected chi connectivity index (χ3v) is 4.94. The number of amides is 1. The van der Waals surface area contributed by atoms with Gasteiger partial charge in [-0.3, -0.25) is 10.1 Å². The summed E-state index contributed by atoms with van der Waals surface area (Å²) in [5, 5.41) is 15.9. The summed E-state index contributed by atoms with van der Waals surface area (Å²) in [4.78, 5) is 14.4. The highest BCUT2D eigenvalue weighted by Gasteiger charge is 2.21. The standard InChI is InChI=1S/C20H33N3O2/c1-14(2)13-19(20(25)21-4)22-15(3)16-5-7-17(8-6-16)23-11-9-18(24)10-12-23/h5-8,14-15,18-19,22,24H,9-13H2,1-4H3,(H,21,25). The minimum atomic E-state index is -0.178. The average molecular weight is 348 g/mol. The molecule has 1 aromatic carbocycles. The number of carbonyl (C=O) groups is 1. The fourth-order valence-corrected chi connectivity index (χ4v) is 3.39. The third kappa shape index (κ3) is 5.72. The van der Waals surface area contributed by atoms with E-state index in [9.17, 15) is 9.90 Å². The molecule has 0 radical (unpaired) electrons. The number of likely N-dealkylation sites (N-methyl/N-ethyl adjacent to an activating group) is 1. The van der Waals surface area contributed by atoms with Gasteiger partial charge in [0, 0.05) is 31.9 Å². The lowest BCUT2D eigenvalue weighted by Crippen LogP contribution is -2.44. The second-order valence-electron chi connectivity index (χ2n) is 7.49. The minimum absolute atomic E-state index is 0.0454. The molecule has 5 heteroatoms. The van der Waals surface area contributed by atoms with Gasteiger partial charge in [0.25, 0.3) is 0 Å². The van der Waals surface area contributed by atoms with E-state index in [4.69, 9.17) is 0 Å². The summed E-state index contributed by atoms with van der Waals surface area (Å²) in [5.74, 6) is 0.503. The number of nitrogens with zero attached hydrogens (tertiary/aromatic N) is 1. The number of aliphatic hydroxyl groups is 1. The van der Waals surface area contributed by atoms with Crippen LogP contribution in [0.15, 0.2) is 24.3 Å². The topological polar surface area (TPSA) is 64.6 Å². The first-order valence-corrected chi connectivity index (χ1v) is 9.41. The summed E-state index contributed by atoms with van der Waals surface area (Å²) in [6.45, 7) is 8.17. The molecule has 1 saturated heterocycles. The van der Waals surface area contributed by atoms with Crippen molar-refractivity contribution in [2.24, 2.45) is 5.92 Å². The lowest BCUT2D eigenvalue weighted by Gasteiger charge is -2.31. The zero-order valence-electron chi connectivity index (χ0n) is 16.0. The fraction of sp³-hybridized carbons (Fsp3) is 0.650. The second kappa shape index (κ2) is 9.20. The molecule has 0 saturated carbocycles. The molecule has 2 unspecified atom stereocenters. The molecule has 0 spiro atoms. The molecule has 1 aromatic rings. The maximum atomic E-state index is 12.1. The third-order valence-electron chi connectivity index (χ3n) is 4.94. The smallest absolute Gasteiger partial charge is 0.236 e. The average Bonchev–Trinajstić information content (AvgIpc) is 2.61. The zero-order chi connectivity index (χ0) is 18.4. The van der Waals surface area contributed by atoms with Crippen LogP contribution in [0.2, 0.25) is 0 Å². The highest BCUT2D eigenvalue weighted by molar-refractivity contribution is 5.81. The number of nitrogens with one attached hydrogen (secondary N) is 2. The Kier molecular flexibility index (Phi) is 7.26. The molecule has 0 aromatic heterocycles. The van der Waals surface area contributed by atoms with Gasteiger partial charge in [0.15, 0.2) is 0 Å². The number of aliphatic hydroxyl groups excluding tert-OH is 1. The summed E-state index contributed by atoms with van der Waals surface area (Å²) in [5.41, 5.74) is 2.38.